The van der Waals surface area contributed by atoms with E-state index in [2.05, 4.69) is 34.0 Å². The Bertz CT molecular complexity index is 467. The molecule has 1 N–H and O–H groups in total. The third kappa shape index (κ3) is 3.12. The Hall–Kier alpha value is -1.36. The summed E-state index contributed by atoms with van der Waals surface area (Å²) >= 11 is 0. The van der Waals surface area contributed by atoms with E-state index in [1.54, 1.807) is 6.33 Å². The zero-order valence-electron chi connectivity index (χ0n) is 13.1. The van der Waals surface area contributed by atoms with Gasteiger partial charge in [-0.3, -0.25) is 0 Å². The van der Waals surface area contributed by atoms with Crippen LogP contribution in [0.25, 0.3) is 0 Å². The maximum absolute atomic E-state index is 5.94. The Morgan fingerprint density at radius 2 is 1.95 bits per heavy atom. The molecule has 1 aromatic heterocycles. The highest BCUT2D eigenvalue weighted by Gasteiger charge is 2.35. The summed E-state index contributed by atoms with van der Waals surface area (Å²) in [5.41, 5.74) is 1.27. The number of fused-ring (bicyclic) bond motifs is 2. The molecule has 5 nitrogen and oxygen atoms in total. The van der Waals surface area contributed by atoms with Crippen LogP contribution in [-0.4, -0.2) is 41.8 Å². The minimum absolute atomic E-state index is 0.389. The maximum atomic E-state index is 5.94. The fourth-order valence-corrected chi connectivity index (χ4v) is 3.34. The van der Waals surface area contributed by atoms with Crippen molar-refractivity contribution in [2.75, 3.05) is 29.9 Å². The lowest BCUT2D eigenvalue weighted by Gasteiger charge is -2.34. The average molecular weight is 290 g/mol. The van der Waals surface area contributed by atoms with Crippen LogP contribution in [0, 0.1) is 0 Å². The van der Waals surface area contributed by atoms with Gasteiger partial charge in [0.15, 0.2) is 0 Å². The molecule has 21 heavy (non-hydrogen) atoms. The molecule has 2 bridgehead atoms. The lowest BCUT2D eigenvalue weighted by Crippen LogP contribution is -2.43. The molecule has 0 saturated carbocycles. The number of ether oxygens (including phenoxy) is 1. The van der Waals surface area contributed by atoms with E-state index in [1.165, 1.54) is 18.4 Å². The largest absolute Gasteiger partial charge is 0.371 e. The molecule has 3 rings (SSSR count). The molecule has 3 heterocycles. The van der Waals surface area contributed by atoms with Crippen LogP contribution in [0.4, 0.5) is 11.6 Å². The fourth-order valence-electron chi connectivity index (χ4n) is 3.34. The van der Waals surface area contributed by atoms with Crippen LogP contribution in [0.15, 0.2) is 6.33 Å². The van der Waals surface area contributed by atoms with E-state index in [1.807, 2.05) is 0 Å². The van der Waals surface area contributed by atoms with Crippen molar-refractivity contribution in [1.29, 1.82) is 0 Å². The zero-order valence-corrected chi connectivity index (χ0v) is 13.1. The van der Waals surface area contributed by atoms with E-state index in [9.17, 15) is 0 Å². The van der Waals surface area contributed by atoms with Gasteiger partial charge in [0.25, 0.3) is 0 Å². The topological polar surface area (TPSA) is 50.3 Å². The molecule has 0 aliphatic carbocycles. The van der Waals surface area contributed by atoms with Gasteiger partial charge in [-0.05, 0) is 25.7 Å². The molecule has 116 valence electrons. The molecular weight excluding hydrogens is 264 g/mol. The molecule has 2 aliphatic heterocycles. The van der Waals surface area contributed by atoms with Crippen LogP contribution in [0.1, 0.15) is 45.1 Å². The third-order valence-electron chi connectivity index (χ3n) is 4.31. The normalized spacial score (nSPS) is 24.4. The molecule has 2 saturated heterocycles. The van der Waals surface area contributed by atoms with Gasteiger partial charge in [0.1, 0.15) is 18.0 Å². The Morgan fingerprint density at radius 1 is 1.19 bits per heavy atom. The summed E-state index contributed by atoms with van der Waals surface area (Å²) in [4.78, 5) is 11.5. The Morgan fingerprint density at radius 3 is 2.62 bits per heavy atom. The van der Waals surface area contributed by atoms with Crippen LogP contribution in [0.5, 0.6) is 0 Å². The molecule has 2 atom stereocenters. The quantitative estimate of drug-likeness (QED) is 0.873. The van der Waals surface area contributed by atoms with Crippen LogP contribution >= 0.6 is 0 Å². The standard InChI is InChI=1S/C16H26N4O/c1-3-5-14-15(17-8-4-2)18-11-19-16(14)20-9-12-6-7-13(10-20)21-12/h11-13H,3-10H2,1-2H3,(H,17,18,19). The SMILES string of the molecule is CCCNc1ncnc(N2CC3CCC(C2)O3)c1CCC. The van der Waals surface area contributed by atoms with Gasteiger partial charge in [0.2, 0.25) is 0 Å². The van der Waals surface area contributed by atoms with E-state index in [0.29, 0.717) is 12.2 Å². The number of hydrogen-bond acceptors (Lipinski definition) is 5. The van der Waals surface area contributed by atoms with Crippen molar-refractivity contribution >= 4 is 11.6 Å². The number of nitrogens with one attached hydrogen (secondary N) is 1. The second-order valence-electron chi connectivity index (χ2n) is 6.06. The van der Waals surface area contributed by atoms with Gasteiger partial charge in [-0.2, -0.15) is 0 Å². The zero-order chi connectivity index (χ0) is 14.7. The molecule has 2 aliphatic rings. The Balaban J connectivity index is 1.85. The molecule has 0 radical (unpaired) electrons. The van der Waals surface area contributed by atoms with E-state index in [0.717, 1.165) is 50.5 Å². The number of rotatable bonds is 6. The molecule has 0 spiro atoms. The van der Waals surface area contributed by atoms with Gasteiger partial charge in [0, 0.05) is 25.2 Å². The van der Waals surface area contributed by atoms with Gasteiger partial charge in [-0.15, -0.1) is 0 Å². The van der Waals surface area contributed by atoms with Gasteiger partial charge in [0.05, 0.1) is 12.2 Å². The second-order valence-corrected chi connectivity index (χ2v) is 6.06. The number of nitrogens with zero attached hydrogens (tertiary/aromatic N) is 3. The van der Waals surface area contributed by atoms with Crippen LogP contribution in [-0.2, 0) is 11.2 Å². The minimum Gasteiger partial charge on any atom is -0.371 e. The second kappa shape index (κ2) is 6.60. The summed E-state index contributed by atoms with van der Waals surface area (Å²) in [6, 6.07) is 0. The van der Waals surface area contributed by atoms with Gasteiger partial charge < -0.3 is 15.0 Å². The van der Waals surface area contributed by atoms with Crippen molar-refractivity contribution in [3.05, 3.63) is 11.9 Å². The highest BCUT2D eigenvalue weighted by Crippen LogP contribution is 2.32. The van der Waals surface area contributed by atoms with Crippen molar-refractivity contribution < 1.29 is 4.74 Å². The van der Waals surface area contributed by atoms with Crippen LogP contribution in [0.2, 0.25) is 0 Å². The van der Waals surface area contributed by atoms with Gasteiger partial charge in [-0.25, -0.2) is 9.97 Å². The summed E-state index contributed by atoms with van der Waals surface area (Å²) in [6.45, 7) is 7.29. The third-order valence-corrected chi connectivity index (χ3v) is 4.31. The van der Waals surface area contributed by atoms with Crippen molar-refractivity contribution in [3.63, 3.8) is 0 Å². The summed E-state index contributed by atoms with van der Waals surface area (Å²) < 4.78 is 5.94. The fraction of sp³-hybridized carbons (Fsp3) is 0.750. The predicted molar refractivity (Wildman–Crippen MR) is 84.9 cm³/mol. The maximum Gasteiger partial charge on any atom is 0.137 e. The number of hydrogen-bond donors (Lipinski definition) is 1. The summed E-state index contributed by atoms with van der Waals surface area (Å²) in [6.07, 6.45) is 8.09. The van der Waals surface area contributed by atoms with Crippen LogP contribution in [0.3, 0.4) is 0 Å². The monoisotopic (exact) mass is 290 g/mol. The Labute approximate surface area is 127 Å². The molecular formula is C16H26N4O. The highest BCUT2D eigenvalue weighted by atomic mass is 16.5. The molecule has 2 fully saturated rings. The smallest absolute Gasteiger partial charge is 0.137 e. The van der Waals surface area contributed by atoms with E-state index >= 15 is 0 Å². The van der Waals surface area contributed by atoms with Crippen LogP contribution < -0.4 is 10.2 Å². The van der Waals surface area contributed by atoms with Crippen molar-refractivity contribution in [1.82, 2.24) is 9.97 Å². The Kier molecular flexibility index (Phi) is 4.58. The first kappa shape index (κ1) is 14.6. The summed E-state index contributed by atoms with van der Waals surface area (Å²) in [5.74, 6) is 2.13. The predicted octanol–water partition coefficient (Wildman–Crippen LogP) is 2.62. The number of aromatic nitrogens is 2. The number of morpholine rings is 1. The van der Waals surface area contributed by atoms with Crippen molar-refractivity contribution in [2.24, 2.45) is 0 Å². The van der Waals surface area contributed by atoms with E-state index in [-0.39, 0.29) is 0 Å². The lowest BCUT2D eigenvalue weighted by molar-refractivity contribution is 0.0301. The average Bonchev–Trinajstić information content (AvgIpc) is 2.84. The van der Waals surface area contributed by atoms with E-state index in [4.69, 9.17) is 4.74 Å². The molecule has 5 heteroatoms. The lowest BCUT2D eigenvalue weighted by atomic mass is 10.1. The molecule has 0 amide bonds. The molecule has 2 unspecified atom stereocenters. The van der Waals surface area contributed by atoms with Crippen molar-refractivity contribution in [2.45, 2.75) is 58.2 Å². The van der Waals surface area contributed by atoms with Crippen molar-refractivity contribution in [3.8, 4) is 0 Å². The van der Waals surface area contributed by atoms with Gasteiger partial charge in [-0.1, -0.05) is 20.3 Å². The number of anilines is 2. The first-order chi connectivity index (χ1) is 10.3. The first-order valence-electron chi connectivity index (χ1n) is 8.30. The summed E-state index contributed by atoms with van der Waals surface area (Å²) in [7, 11) is 0. The molecule has 0 aromatic carbocycles. The summed E-state index contributed by atoms with van der Waals surface area (Å²) in [5, 5.41) is 3.46. The minimum atomic E-state index is 0.389. The molecule has 1 aromatic rings. The van der Waals surface area contributed by atoms with Gasteiger partial charge >= 0.3 is 0 Å². The van der Waals surface area contributed by atoms with E-state index < -0.39 is 0 Å². The highest BCUT2D eigenvalue weighted by molar-refractivity contribution is 5.59. The first-order valence-corrected chi connectivity index (χ1v) is 8.30.